The van der Waals surface area contributed by atoms with Gasteiger partial charge in [0.05, 0.1) is 0 Å². The molecule has 2 amide bonds. The number of anilines is 1. The summed E-state index contributed by atoms with van der Waals surface area (Å²) in [6.07, 6.45) is 5.79. The molecule has 2 rings (SSSR count). The summed E-state index contributed by atoms with van der Waals surface area (Å²) in [5.41, 5.74) is 6.73. The zero-order valence-electron chi connectivity index (χ0n) is 10.9. The third-order valence-corrected chi connectivity index (χ3v) is 3.39. The van der Waals surface area contributed by atoms with Gasteiger partial charge in [-0.3, -0.25) is 5.41 Å². The topological polar surface area (TPSA) is 91.0 Å². The molecule has 0 radical (unpaired) electrons. The highest BCUT2D eigenvalue weighted by atomic mass is 16.2. The monoisotopic (exact) mass is 260 g/mol. The van der Waals surface area contributed by atoms with Crippen molar-refractivity contribution in [2.24, 2.45) is 5.73 Å². The number of carbonyl (C=O) groups is 1. The van der Waals surface area contributed by atoms with Crippen LogP contribution in [0.1, 0.15) is 37.7 Å². The minimum absolute atomic E-state index is 0.0261. The molecular weight excluding hydrogens is 240 g/mol. The predicted octanol–water partition coefficient (Wildman–Crippen LogP) is 2.42. The molecule has 19 heavy (non-hydrogen) atoms. The molecule has 0 saturated heterocycles. The summed E-state index contributed by atoms with van der Waals surface area (Å²) >= 11 is 0. The highest BCUT2D eigenvalue weighted by molar-refractivity contribution is 5.96. The standard InChI is InChI=1S/C14H20N4O/c15-13(16)10-6-8-12(9-7-10)18-14(19)17-11-4-2-1-3-5-11/h6-9,11H,1-5H2,(H3,15,16)(H2,17,18,19). The minimum atomic E-state index is -0.164. The molecule has 5 N–H and O–H groups in total. The van der Waals surface area contributed by atoms with Crippen molar-refractivity contribution in [1.29, 1.82) is 5.41 Å². The van der Waals surface area contributed by atoms with Crippen LogP contribution in [0.25, 0.3) is 0 Å². The van der Waals surface area contributed by atoms with Gasteiger partial charge in [-0.25, -0.2) is 4.79 Å². The molecular formula is C14H20N4O. The number of hydrogen-bond donors (Lipinski definition) is 4. The summed E-state index contributed by atoms with van der Waals surface area (Å²) in [5.74, 6) is 0.0261. The molecule has 0 aromatic heterocycles. The van der Waals surface area contributed by atoms with E-state index in [1.807, 2.05) is 0 Å². The summed E-state index contributed by atoms with van der Waals surface area (Å²) < 4.78 is 0. The van der Waals surface area contributed by atoms with E-state index in [0.717, 1.165) is 12.8 Å². The predicted molar refractivity (Wildman–Crippen MR) is 76.5 cm³/mol. The molecule has 5 nitrogen and oxygen atoms in total. The molecule has 1 fully saturated rings. The molecule has 0 spiro atoms. The number of nitrogens with two attached hydrogens (primary N) is 1. The Morgan fingerprint density at radius 3 is 2.37 bits per heavy atom. The second-order valence-electron chi connectivity index (χ2n) is 4.92. The minimum Gasteiger partial charge on any atom is -0.384 e. The van der Waals surface area contributed by atoms with E-state index in [0.29, 0.717) is 17.3 Å². The number of benzene rings is 1. The lowest BCUT2D eigenvalue weighted by Gasteiger charge is -2.22. The maximum Gasteiger partial charge on any atom is 0.319 e. The average Bonchev–Trinajstić information content (AvgIpc) is 2.40. The van der Waals surface area contributed by atoms with Gasteiger partial charge in [0.25, 0.3) is 0 Å². The van der Waals surface area contributed by atoms with Crippen molar-refractivity contribution in [2.45, 2.75) is 38.1 Å². The van der Waals surface area contributed by atoms with Gasteiger partial charge in [0.1, 0.15) is 5.84 Å². The Morgan fingerprint density at radius 1 is 1.16 bits per heavy atom. The van der Waals surface area contributed by atoms with Gasteiger partial charge in [-0.2, -0.15) is 0 Å². The lowest BCUT2D eigenvalue weighted by atomic mass is 9.96. The third-order valence-electron chi connectivity index (χ3n) is 3.39. The Balaban J connectivity index is 1.85. The molecule has 0 bridgehead atoms. The van der Waals surface area contributed by atoms with Crippen LogP contribution in [0, 0.1) is 5.41 Å². The SMILES string of the molecule is N=C(N)c1ccc(NC(=O)NC2CCCCC2)cc1. The van der Waals surface area contributed by atoms with Gasteiger partial charge in [-0.05, 0) is 37.1 Å². The van der Waals surface area contributed by atoms with E-state index in [9.17, 15) is 4.79 Å². The van der Waals surface area contributed by atoms with Crippen molar-refractivity contribution in [3.8, 4) is 0 Å². The Morgan fingerprint density at radius 2 is 1.79 bits per heavy atom. The first kappa shape index (κ1) is 13.4. The maximum atomic E-state index is 11.8. The molecule has 1 aliphatic carbocycles. The lowest BCUT2D eigenvalue weighted by molar-refractivity contribution is 0.244. The second kappa shape index (κ2) is 6.22. The van der Waals surface area contributed by atoms with E-state index in [-0.39, 0.29) is 11.9 Å². The Labute approximate surface area is 113 Å². The van der Waals surface area contributed by atoms with Crippen LogP contribution in [0.5, 0.6) is 0 Å². The van der Waals surface area contributed by atoms with Gasteiger partial charge in [-0.15, -0.1) is 0 Å². The molecule has 1 saturated carbocycles. The summed E-state index contributed by atoms with van der Waals surface area (Å²) in [6, 6.07) is 7.07. The maximum absolute atomic E-state index is 11.8. The fourth-order valence-corrected chi connectivity index (χ4v) is 2.33. The van der Waals surface area contributed by atoms with Gasteiger partial charge < -0.3 is 16.4 Å². The zero-order chi connectivity index (χ0) is 13.7. The fourth-order valence-electron chi connectivity index (χ4n) is 2.33. The molecule has 1 aliphatic rings. The number of carbonyl (C=O) groups excluding carboxylic acids is 1. The second-order valence-corrected chi connectivity index (χ2v) is 4.92. The highest BCUT2D eigenvalue weighted by Crippen LogP contribution is 2.17. The number of nitrogen functional groups attached to an aromatic ring is 1. The van der Waals surface area contributed by atoms with Crippen LogP contribution < -0.4 is 16.4 Å². The van der Waals surface area contributed by atoms with Crippen molar-refractivity contribution < 1.29 is 4.79 Å². The number of amides is 2. The Bertz CT molecular complexity index is 449. The van der Waals surface area contributed by atoms with E-state index in [4.69, 9.17) is 11.1 Å². The average molecular weight is 260 g/mol. The number of amidine groups is 1. The van der Waals surface area contributed by atoms with Crippen LogP contribution in [-0.2, 0) is 0 Å². The number of nitrogens with one attached hydrogen (secondary N) is 3. The first-order chi connectivity index (χ1) is 9.15. The van der Waals surface area contributed by atoms with Crippen molar-refractivity contribution in [3.05, 3.63) is 29.8 Å². The fraction of sp³-hybridized carbons (Fsp3) is 0.429. The first-order valence-corrected chi connectivity index (χ1v) is 6.67. The van der Waals surface area contributed by atoms with E-state index < -0.39 is 0 Å². The van der Waals surface area contributed by atoms with Crippen LogP contribution in [0.15, 0.2) is 24.3 Å². The Hall–Kier alpha value is -2.04. The lowest BCUT2D eigenvalue weighted by Crippen LogP contribution is -2.39. The number of hydrogen-bond acceptors (Lipinski definition) is 2. The Kier molecular flexibility index (Phi) is 4.39. The summed E-state index contributed by atoms with van der Waals surface area (Å²) in [6.45, 7) is 0. The zero-order valence-corrected chi connectivity index (χ0v) is 10.9. The van der Waals surface area contributed by atoms with Crippen molar-refractivity contribution >= 4 is 17.6 Å². The van der Waals surface area contributed by atoms with Gasteiger partial charge in [0.15, 0.2) is 0 Å². The van der Waals surface area contributed by atoms with Gasteiger partial charge in [0, 0.05) is 17.3 Å². The quantitative estimate of drug-likeness (QED) is 0.496. The van der Waals surface area contributed by atoms with Crippen molar-refractivity contribution in [3.63, 3.8) is 0 Å². The van der Waals surface area contributed by atoms with Gasteiger partial charge in [0.2, 0.25) is 0 Å². The largest absolute Gasteiger partial charge is 0.384 e. The summed E-state index contributed by atoms with van der Waals surface area (Å²) in [5, 5.41) is 13.1. The summed E-state index contributed by atoms with van der Waals surface area (Å²) in [7, 11) is 0. The normalized spacial score (nSPS) is 15.8. The van der Waals surface area contributed by atoms with E-state index in [1.165, 1.54) is 19.3 Å². The molecule has 102 valence electrons. The van der Waals surface area contributed by atoms with Crippen LogP contribution >= 0.6 is 0 Å². The molecule has 0 atom stereocenters. The number of urea groups is 1. The van der Waals surface area contributed by atoms with Crippen LogP contribution in [-0.4, -0.2) is 17.9 Å². The van der Waals surface area contributed by atoms with Gasteiger partial charge >= 0.3 is 6.03 Å². The van der Waals surface area contributed by atoms with E-state index >= 15 is 0 Å². The molecule has 0 unspecified atom stereocenters. The van der Waals surface area contributed by atoms with Crippen LogP contribution in [0.4, 0.5) is 10.5 Å². The highest BCUT2D eigenvalue weighted by Gasteiger charge is 2.15. The van der Waals surface area contributed by atoms with Crippen LogP contribution in [0.3, 0.4) is 0 Å². The van der Waals surface area contributed by atoms with Crippen LogP contribution in [0.2, 0.25) is 0 Å². The van der Waals surface area contributed by atoms with Crippen molar-refractivity contribution in [1.82, 2.24) is 5.32 Å². The van der Waals surface area contributed by atoms with E-state index in [2.05, 4.69) is 10.6 Å². The number of rotatable bonds is 3. The smallest absolute Gasteiger partial charge is 0.319 e. The molecule has 5 heteroatoms. The molecule has 1 aromatic rings. The van der Waals surface area contributed by atoms with Gasteiger partial charge in [-0.1, -0.05) is 19.3 Å². The van der Waals surface area contributed by atoms with Crippen molar-refractivity contribution in [2.75, 3.05) is 5.32 Å². The molecule has 0 aliphatic heterocycles. The third kappa shape index (κ3) is 3.98. The first-order valence-electron chi connectivity index (χ1n) is 6.67. The molecule has 1 aromatic carbocycles. The van der Waals surface area contributed by atoms with E-state index in [1.54, 1.807) is 24.3 Å². The summed E-state index contributed by atoms with van der Waals surface area (Å²) in [4.78, 5) is 11.8. The molecule has 0 heterocycles.